The highest BCUT2D eigenvalue weighted by atomic mass is 16.3. The van der Waals surface area contributed by atoms with Crippen LogP contribution in [0.5, 0.6) is 0 Å². The van der Waals surface area contributed by atoms with E-state index in [1.54, 1.807) is 6.26 Å². The van der Waals surface area contributed by atoms with Gasteiger partial charge < -0.3 is 9.73 Å². The molecule has 1 aromatic heterocycles. The summed E-state index contributed by atoms with van der Waals surface area (Å²) in [5.41, 5.74) is 1.31. The number of nitrogens with zero attached hydrogens (tertiary/aromatic N) is 1. The van der Waals surface area contributed by atoms with Crippen molar-refractivity contribution in [3.8, 4) is 0 Å². The number of rotatable bonds is 3. The van der Waals surface area contributed by atoms with E-state index < -0.39 is 0 Å². The maximum absolute atomic E-state index is 5.14. The molecule has 2 aliphatic heterocycles. The van der Waals surface area contributed by atoms with Gasteiger partial charge in [0.1, 0.15) is 0 Å². The maximum Gasteiger partial charge on any atom is 0.0947 e. The maximum atomic E-state index is 5.14. The molecule has 3 rings (SSSR count). The van der Waals surface area contributed by atoms with Gasteiger partial charge >= 0.3 is 0 Å². The van der Waals surface area contributed by atoms with Gasteiger partial charge in [-0.2, -0.15) is 0 Å². The Morgan fingerprint density at radius 1 is 1.35 bits per heavy atom. The van der Waals surface area contributed by atoms with E-state index in [1.165, 1.54) is 50.9 Å². The molecule has 0 bridgehead atoms. The Morgan fingerprint density at radius 3 is 3.12 bits per heavy atom. The summed E-state index contributed by atoms with van der Waals surface area (Å²) < 4.78 is 5.14. The second kappa shape index (κ2) is 5.23. The van der Waals surface area contributed by atoms with Crippen LogP contribution in [-0.4, -0.2) is 30.6 Å². The Balaban J connectivity index is 1.55. The van der Waals surface area contributed by atoms with Gasteiger partial charge in [-0.15, -0.1) is 0 Å². The van der Waals surface area contributed by atoms with E-state index in [-0.39, 0.29) is 0 Å². The molecule has 3 heterocycles. The molecule has 94 valence electrons. The van der Waals surface area contributed by atoms with Crippen LogP contribution in [0, 0.1) is 5.92 Å². The third-order valence-electron chi connectivity index (χ3n) is 4.20. The van der Waals surface area contributed by atoms with Gasteiger partial charge in [0.05, 0.1) is 12.5 Å². The summed E-state index contributed by atoms with van der Waals surface area (Å²) in [7, 11) is 0. The third-order valence-corrected chi connectivity index (χ3v) is 4.20. The minimum atomic E-state index is 0.780. The van der Waals surface area contributed by atoms with Crippen LogP contribution < -0.4 is 5.32 Å². The topological polar surface area (TPSA) is 28.4 Å². The van der Waals surface area contributed by atoms with Gasteiger partial charge in [-0.3, -0.25) is 4.90 Å². The predicted molar refractivity (Wildman–Crippen MR) is 67.7 cm³/mol. The number of likely N-dealkylation sites (tertiary alicyclic amines) is 1. The molecule has 17 heavy (non-hydrogen) atoms. The van der Waals surface area contributed by atoms with E-state index >= 15 is 0 Å². The molecule has 2 unspecified atom stereocenters. The molecule has 2 fully saturated rings. The van der Waals surface area contributed by atoms with Gasteiger partial charge in [-0.25, -0.2) is 0 Å². The van der Waals surface area contributed by atoms with Crippen LogP contribution in [0.4, 0.5) is 0 Å². The second-order valence-electron chi connectivity index (χ2n) is 5.47. The molecular formula is C14H22N2O. The fourth-order valence-corrected chi connectivity index (χ4v) is 3.32. The van der Waals surface area contributed by atoms with E-state index in [9.17, 15) is 0 Å². The van der Waals surface area contributed by atoms with Crippen molar-refractivity contribution in [3.63, 3.8) is 0 Å². The van der Waals surface area contributed by atoms with Crippen LogP contribution in [0.1, 0.15) is 31.2 Å². The normalized spacial score (nSPS) is 30.8. The zero-order valence-electron chi connectivity index (χ0n) is 10.4. The molecule has 1 N–H and O–H groups in total. The van der Waals surface area contributed by atoms with Gasteiger partial charge in [-0.05, 0) is 50.8 Å². The van der Waals surface area contributed by atoms with Gasteiger partial charge in [0.15, 0.2) is 0 Å². The molecule has 3 heteroatoms. The predicted octanol–water partition coefficient (Wildman–Crippen LogP) is 2.24. The lowest BCUT2D eigenvalue weighted by Gasteiger charge is -2.35. The Morgan fingerprint density at radius 2 is 2.35 bits per heavy atom. The lowest BCUT2D eigenvalue weighted by atomic mass is 9.89. The van der Waals surface area contributed by atoms with Crippen LogP contribution in [0.15, 0.2) is 23.0 Å². The van der Waals surface area contributed by atoms with Crippen molar-refractivity contribution >= 4 is 0 Å². The molecule has 0 amide bonds. The molecule has 2 saturated heterocycles. The summed E-state index contributed by atoms with van der Waals surface area (Å²) >= 11 is 0. The summed E-state index contributed by atoms with van der Waals surface area (Å²) in [6.07, 6.45) is 9.14. The first-order valence-electron chi connectivity index (χ1n) is 6.88. The average Bonchev–Trinajstić information content (AvgIpc) is 3.01. The van der Waals surface area contributed by atoms with E-state index in [0.717, 1.165) is 18.5 Å². The number of furan rings is 1. The Kier molecular flexibility index (Phi) is 3.48. The highest BCUT2D eigenvalue weighted by Gasteiger charge is 2.28. The summed E-state index contributed by atoms with van der Waals surface area (Å²) in [5.74, 6) is 0.859. The minimum absolute atomic E-state index is 0.780. The van der Waals surface area contributed by atoms with E-state index in [2.05, 4.69) is 16.3 Å². The molecule has 0 saturated carbocycles. The lowest BCUT2D eigenvalue weighted by molar-refractivity contribution is 0.145. The Bertz CT molecular complexity index is 330. The standard InChI is InChI=1S/C14H22N2O/c1-4-14(15-6-1)13-3-2-7-16(10-13)9-12-5-8-17-11-12/h5,8,11,13-15H,1-4,6-7,9-10H2. The summed E-state index contributed by atoms with van der Waals surface area (Å²) in [6.45, 7) is 4.78. The highest BCUT2D eigenvalue weighted by molar-refractivity contribution is 5.05. The zero-order valence-corrected chi connectivity index (χ0v) is 10.4. The van der Waals surface area contributed by atoms with Crippen LogP contribution in [-0.2, 0) is 6.54 Å². The number of piperidine rings is 1. The summed E-state index contributed by atoms with van der Waals surface area (Å²) in [4.78, 5) is 2.58. The molecule has 2 atom stereocenters. The van der Waals surface area contributed by atoms with E-state index in [4.69, 9.17) is 4.42 Å². The summed E-state index contributed by atoms with van der Waals surface area (Å²) in [6, 6.07) is 2.86. The first kappa shape index (κ1) is 11.3. The fourth-order valence-electron chi connectivity index (χ4n) is 3.32. The zero-order chi connectivity index (χ0) is 11.5. The number of hydrogen-bond acceptors (Lipinski definition) is 3. The first-order valence-corrected chi connectivity index (χ1v) is 6.88. The average molecular weight is 234 g/mol. The van der Waals surface area contributed by atoms with Crippen molar-refractivity contribution in [2.24, 2.45) is 5.92 Å². The Labute approximate surface area is 103 Å². The van der Waals surface area contributed by atoms with Crippen LogP contribution in [0.2, 0.25) is 0 Å². The monoisotopic (exact) mass is 234 g/mol. The van der Waals surface area contributed by atoms with Crippen molar-refractivity contribution < 1.29 is 4.42 Å². The molecule has 0 aliphatic carbocycles. The smallest absolute Gasteiger partial charge is 0.0947 e. The van der Waals surface area contributed by atoms with Crippen molar-refractivity contribution in [3.05, 3.63) is 24.2 Å². The van der Waals surface area contributed by atoms with Crippen molar-refractivity contribution in [1.29, 1.82) is 0 Å². The molecule has 1 aromatic rings. The van der Waals surface area contributed by atoms with Crippen LogP contribution in [0.3, 0.4) is 0 Å². The molecule has 2 aliphatic rings. The van der Waals surface area contributed by atoms with Gasteiger partial charge in [0, 0.05) is 24.7 Å². The summed E-state index contributed by atoms with van der Waals surface area (Å²) in [5, 5.41) is 3.66. The number of nitrogens with one attached hydrogen (secondary N) is 1. The quantitative estimate of drug-likeness (QED) is 0.869. The molecule has 0 spiro atoms. The molecular weight excluding hydrogens is 212 g/mol. The second-order valence-corrected chi connectivity index (χ2v) is 5.47. The molecule has 0 radical (unpaired) electrons. The van der Waals surface area contributed by atoms with E-state index in [0.29, 0.717) is 0 Å². The van der Waals surface area contributed by atoms with Crippen molar-refractivity contribution in [2.45, 2.75) is 38.3 Å². The Hall–Kier alpha value is -0.800. The minimum Gasteiger partial charge on any atom is -0.472 e. The van der Waals surface area contributed by atoms with Crippen molar-refractivity contribution in [2.75, 3.05) is 19.6 Å². The van der Waals surface area contributed by atoms with Crippen LogP contribution >= 0.6 is 0 Å². The van der Waals surface area contributed by atoms with Crippen molar-refractivity contribution in [1.82, 2.24) is 10.2 Å². The lowest BCUT2D eigenvalue weighted by Crippen LogP contribution is -2.43. The van der Waals surface area contributed by atoms with Gasteiger partial charge in [0.2, 0.25) is 0 Å². The van der Waals surface area contributed by atoms with Gasteiger partial charge in [0.25, 0.3) is 0 Å². The molecule has 0 aromatic carbocycles. The van der Waals surface area contributed by atoms with Crippen LogP contribution in [0.25, 0.3) is 0 Å². The fraction of sp³-hybridized carbons (Fsp3) is 0.714. The van der Waals surface area contributed by atoms with Gasteiger partial charge in [-0.1, -0.05) is 0 Å². The SMILES string of the molecule is c1cc(CN2CCCC(C3CCCN3)C2)co1. The molecule has 3 nitrogen and oxygen atoms in total. The third kappa shape index (κ3) is 2.72. The highest BCUT2D eigenvalue weighted by Crippen LogP contribution is 2.25. The largest absolute Gasteiger partial charge is 0.472 e. The number of hydrogen-bond donors (Lipinski definition) is 1. The first-order chi connectivity index (χ1) is 8.42. The van der Waals surface area contributed by atoms with E-state index in [1.807, 2.05) is 6.26 Å².